The molecule has 2 aromatic heterocycles. The molecule has 0 saturated carbocycles. The van der Waals surface area contributed by atoms with Crippen LogP contribution in [0.3, 0.4) is 0 Å². The van der Waals surface area contributed by atoms with Gasteiger partial charge in [0.1, 0.15) is 16.3 Å². The van der Waals surface area contributed by atoms with Gasteiger partial charge < -0.3 is 14.8 Å². The summed E-state index contributed by atoms with van der Waals surface area (Å²) in [6, 6.07) is 10.4. The fraction of sp³-hybridized carbons (Fsp3) is 0.348. The summed E-state index contributed by atoms with van der Waals surface area (Å²) >= 11 is 6.00. The second kappa shape index (κ2) is 10.7. The first-order valence-electron chi connectivity index (χ1n) is 10.2. The van der Waals surface area contributed by atoms with Gasteiger partial charge in [0.15, 0.2) is 0 Å². The second-order valence-electron chi connectivity index (χ2n) is 8.18. The Morgan fingerprint density at radius 3 is 2.67 bits per heavy atom. The molecule has 1 aromatic carbocycles. The number of carbonyl (C=O) groups excluding carboxylic acids is 1. The van der Waals surface area contributed by atoms with Crippen LogP contribution in [0.5, 0.6) is 0 Å². The van der Waals surface area contributed by atoms with Crippen LogP contribution >= 0.6 is 11.6 Å². The van der Waals surface area contributed by atoms with Gasteiger partial charge in [-0.25, -0.2) is 14.5 Å². The molecule has 10 heteroatoms. The zero-order valence-corrected chi connectivity index (χ0v) is 19.2. The van der Waals surface area contributed by atoms with Gasteiger partial charge in [0.25, 0.3) is 0 Å². The normalized spacial score (nSPS) is 13.1. The number of carbonyl (C=O) groups is 1. The van der Waals surface area contributed by atoms with E-state index >= 15 is 0 Å². The third-order valence-corrected chi connectivity index (χ3v) is 4.61. The van der Waals surface area contributed by atoms with E-state index in [1.807, 2.05) is 30.3 Å². The van der Waals surface area contributed by atoms with Gasteiger partial charge in [0.05, 0.1) is 31.1 Å². The first kappa shape index (κ1) is 24.6. The van der Waals surface area contributed by atoms with E-state index < -0.39 is 24.3 Å². The van der Waals surface area contributed by atoms with E-state index in [0.29, 0.717) is 10.1 Å². The third-order valence-electron chi connectivity index (χ3n) is 4.42. The van der Waals surface area contributed by atoms with Crippen LogP contribution in [0.25, 0.3) is 17.0 Å². The van der Waals surface area contributed by atoms with Gasteiger partial charge in [-0.2, -0.15) is 13.9 Å². The minimum absolute atomic E-state index is 0.151. The van der Waals surface area contributed by atoms with E-state index in [0.717, 1.165) is 5.56 Å². The summed E-state index contributed by atoms with van der Waals surface area (Å²) in [5, 5.41) is 7.14. The van der Waals surface area contributed by atoms with Crippen molar-refractivity contribution in [3.8, 4) is 0 Å². The average Bonchev–Trinajstić information content (AvgIpc) is 3.16. The molecule has 176 valence electrons. The van der Waals surface area contributed by atoms with Crippen molar-refractivity contribution in [1.82, 2.24) is 20.1 Å². The highest BCUT2D eigenvalue weighted by molar-refractivity contribution is 6.30. The van der Waals surface area contributed by atoms with E-state index in [4.69, 9.17) is 21.1 Å². The topological polar surface area (TPSA) is 78.3 Å². The number of halogens is 3. The number of rotatable bonds is 8. The number of nitrogens with one attached hydrogen (secondary N) is 1. The number of alkyl halides is 2. The Balaban J connectivity index is 1.67. The molecule has 1 unspecified atom stereocenters. The molecule has 3 aromatic rings. The Hall–Kier alpha value is -3.04. The fourth-order valence-electron chi connectivity index (χ4n) is 3.11. The van der Waals surface area contributed by atoms with Crippen molar-refractivity contribution in [1.29, 1.82) is 0 Å². The standard InChI is InChI=1S/C23H25ClF2N4O3/c1-23(2,3)33-22(31)29-18(15-8-5-4-6-9-15)14-32-11-7-10-17-20-16(12-19(24)28-17)13-27-30(20)21(25)26/h4-10,12-13,18,21H,11,14H2,1-3H3,(H,29,31)/b10-7+. The molecule has 3 rings (SSSR count). The highest BCUT2D eigenvalue weighted by Gasteiger charge is 2.21. The number of aromatic nitrogens is 3. The fourth-order valence-corrected chi connectivity index (χ4v) is 3.32. The number of fused-ring (bicyclic) bond motifs is 1. The molecule has 0 bridgehead atoms. The van der Waals surface area contributed by atoms with Crippen molar-refractivity contribution in [2.75, 3.05) is 13.2 Å². The molecule has 1 amide bonds. The predicted molar refractivity (Wildman–Crippen MR) is 122 cm³/mol. The SMILES string of the molecule is CC(C)(C)OC(=O)NC(COC/C=C/c1nc(Cl)cc2cnn(C(F)F)c12)c1ccccc1. The number of pyridine rings is 1. The molecular weight excluding hydrogens is 454 g/mol. The smallest absolute Gasteiger partial charge is 0.408 e. The van der Waals surface area contributed by atoms with Crippen molar-refractivity contribution in [2.24, 2.45) is 0 Å². The number of nitrogens with zero attached hydrogens (tertiary/aromatic N) is 3. The summed E-state index contributed by atoms with van der Waals surface area (Å²) in [5.41, 5.74) is 0.658. The molecule has 0 radical (unpaired) electrons. The van der Waals surface area contributed by atoms with Gasteiger partial charge in [-0.1, -0.05) is 48.0 Å². The highest BCUT2D eigenvalue weighted by Crippen LogP contribution is 2.25. The van der Waals surface area contributed by atoms with E-state index in [1.54, 1.807) is 32.9 Å². The summed E-state index contributed by atoms with van der Waals surface area (Å²) in [6.07, 6.45) is 3.95. The predicted octanol–water partition coefficient (Wildman–Crippen LogP) is 5.78. The van der Waals surface area contributed by atoms with E-state index in [1.165, 1.54) is 12.3 Å². The maximum atomic E-state index is 13.3. The van der Waals surface area contributed by atoms with Crippen LogP contribution in [0.4, 0.5) is 13.6 Å². The van der Waals surface area contributed by atoms with Crippen LogP contribution in [0.15, 0.2) is 48.7 Å². The van der Waals surface area contributed by atoms with Crippen LogP contribution in [0.2, 0.25) is 5.15 Å². The van der Waals surface area contributed by atoms with Gasteiger partial charge in [0.2, 0.25) is 0 Å². The Morgan fingerprint density at radius 1 is 1.27 bits per heavy atom. The van der Waals surface area contributed by atoms with Crippen molar-refractivity contribution >= 4 is 34.7 Å². The molecule has 0 aliphatic rings. The van der Waals surface area contributed by atoms with Crippen LogP contribution in [-0.4, -0.2) is 39.7 Å². The average molecular weight is 479 g/mol. The van der Waals surface area contributed by atoms with Gasteiger partial charge >= 0.3 is 12.6 Å². The second-order valence-corrected chi connectivity index (χ2v) is 8.57. The zero-order valence-electron chi connectivity index (χ0n) is 18.5. The lowest BCUT2D eigenvalue weighted by molar-refractivity contribution is 0.0455. The molecule has 33 heavy (non-hydrogen) atoms. The number of benzene rings is 1. The number of ether oxygens (including phenoxy) is 2. The minimum Gasteiger partial charge on any atom is -0.444 e. The zero-order chi connectivity index (χ0) is 24.0. The minimum atomic E-state index is -2.81. The molecule has 0 spiro atoms. The molecule has 0 aliphatic heterocycles. The Bertz CT molecular complexity index is 1110. The Kier molecular flexibility index (Phi) is 7.99. The molecular formula is C23H25ClF2N4O3. The third kappa shape index (κ3) is 6.97. The quantitative estimate of drug-likeness (QED) is 0.328. The van der Waals surface area contributed by atoms with Gasteiger partial charge in [-0.3, -0.25) is 0 Å². The highest BCUT2D eigenvalue weighted by atomic mass is 35.5. The molecule has 1 N–H and O–H groups in total. The summed E-state index contributed by atoms with van der Waals surface area (Å²) in [6.45, 7) is 2.86. The van der Waals surface area contributed by atoms with E-state index in [2.05, 4.69) is 15.4 Å². The first-order valence-corrected chi connectivity index (χ1v) is 10.6. The van der Waals surface area contributed by atoms with E-state index in [9.17, 15) is 13.6 Å². The largest absolute Gasteiger partial charge is 0.444 e. The summed E-state index contributed by atoms with van der Waals surface area (Å²) in [7, 11) is 0. The van der Waals surface area contributed by atoms with Crippen LogP contribution in [0, 0.1) is 0 Å². The number of amides is 1. The molecule has 1 atom stereocenters. The molecule has 0 fully saturated rings. The van der Waals surface area contributed by atoms with Crippen LogP contribution in [-0.2, 0) is 9.47 Å². The lowest BCUT2D eigenvalue weighted by atomic mass is 10.1. The molecule has 2 heterocycles. The first-order chi connectivity index (χ1) is 15.6. The number of hydrogen-bond donors (Lipinski definition) is 1. The Labute approximate surface area is 195 Å². The lowest BCUT2D eigenvalue weighted by Gasteiger charge is -2.23. The van der Waals surface area contributed by atoms with E-state index in [-0.39, 0.29) is 29.6 Å². The van der Waals surface area contributed by atoms with Gasteiger partial charge in [-0.15, -0.1) is 0 Å². The van der Waals surface area contributed by atoms with Crippen molar-refractivity contribution in [3.05, 3.63) is 65.1 Å². The van der Waals surface area contributed by atoms with Crippen LogP contribution < -0.4 is 5.32 Å². The summed E-state index contributed by atoms with van der Waals surface area (Å²) in [4.78, 5) is 16.4. The van der Waals surface area contributed by atoms with Crippen molar-refractivity contribution < 1.29 is 23.0 Å². The van der Waals surface area contributed by atoms with Crippen molar-refractivity contribution in [3.63, 3.8) is 0 Å². The molecule has 0 saturated heterocycles. The lowest BCUT2D eigenvalue weighted by Crippen LogP contribution is -2.36. The van der Waals surface area contributed by atoms with Crippen LogP contribution in [0.1, 0.15) is 44.6 Å². The summed E-state index contributed by atoms with van der Waals surface area (Å²) < 4.78 is 38.2. The number of hydrogen-bond acceptors (Lipinski definition) is 5. The monoisotopic (exact) mass is 478 g/mol. The summed E-state index contributed by atoms with van der Waals surface area (Å²) in [5.74, 6) is 0. The van der Waals surface area contributed by atoms with Gasteiger partial charge in [0, 0.05) is 5.39 Å². The Morgan fingerprint density at radius 2 is 2.00 bits per heavy atom. The maximum absolute atomic E-state index is 13.3. The molecule has 7 nitrogen and oxygen atoms in total. The van der Waals surface area contributed by atoms with Crippen molar-refractivity contribution in [2.45, 2.75) is 39.0 Å². The maximum Gasteiger partial charge on any atom is 0.408 e. The number of alkyl carbamates (subject to hydrolysis) is 1. The van der Waals surface area contributed by atoms with Gasteiger partial charge in [-0.05, 0) is 38.5 Å². The molecule has 0 aliphatic carbocycles.